The number of aliphatic hydroxyl groups is 1. The van der Waals surface area contributed by atoms with Crippen molar-refractivity contribution >= 4 is 35.3 Å². The fourth-order valence-corrected chi connectivity index (χ4v) is 7.85. The van der Waals surface area contributed by atoms with Crippen molar-refractivity contribution in [2.24, 2.45) is 28.9 Å². The minimum Gasteiger partial charge on any atom is -0.461 e. The molecule has 0 bridgehead atoms. The number of hydrogen-bond donors (Lipinski definition) is 2. The molecule has 55 heavy (non-hydrogen) atoms. The van der Waals surface area contributed by atoms with Crippen molar-refractivity contribution in [3.8, 4) is 0 Å². The highest BCUT2D eigenvalue weighted by atomic mass is 32.2. The Morgan fingerprint density at radius 1 is 0.618 bits per heavy atom. The Labute approximate surface area is 342 Å². The molecule has 5 unspecified atom stereocenters. The predicted octanol–water partition coefficient (Wildman–Crippen LogP) is 11.4. The summed E-state index contributed by atoms with van der Waals surface area (Å²) in [5, 5.41) is 9.77. The third kappa shape index (κ3) is 29.4. The number of unbranched alkanes of at least 4 members (excludes halogenated alkanes) is 20. The largest absolute Gasteiger partial charge is 0.461 e. The van der Waals surface area contributed by atoms with Crippen LogP contribution in [0.3, 0.4) is 0 Å². The first-order chi connectivity index (χ1) is 26.3. The molecule has 0 fully saturated rings. The van der Waals surface area contributed by atoms with E-state index in [1.54, 1.807) is 20.8 Å². The number of rotatable bonds is 38. The van der Waals surface area contributed by atoms with Gasteiger partial charge in [0.2, 0.25) is 0 Å². The van der Waals surface area contributed by atoms with Gasteiger partial charge in [0.25, 0.3) is 0 Å². The van der Waals surface area contributed by atoms with Crippen LogP contribution in [0.25, 0.3) is 0 Å². The molecule has 0 rings (SSSR count). The van der Waals surface area contributed by atoms with Gasteiger partial charge in [-0.15, -0.1) is 0 Å². The normalized spacial score (nSPS) is 14.6. The van der Waals surface area contributed by atoms with Crippen molar-refractivity contribution < 1.29 is 33.8 Å². The maximum atomic E-state index is 13.2. The maximum absolute atomic E-state index is 13.2. The molecule has 0 aromatic heterocycles. The lowest BCUT2D eigenvalue weighted by Crippen LogP contribution is -2.39. The number of carbonyl (C=O) groups is 4. The summed E-state index contributed by atoms with van der Waals surface area (Å²) in [4.78, 5) is 51.7. The molecule has 0 aliphatic heterocycles. The van der Waals surface area contributed by atoms with Gasteiger partial charge in [-0.05, 0) is 12.8 Å². The van der Waals surface area contributed by atoms with E-state index in [1.165, 1.54) is 127 Å². The molecule has 0 aromatic carbocycles. The molecule has 8 nitrogen and oxygen atoms in total. The molecular weight excluding hydrogens is 711 g/mol. The van der Waals surface area contributed by atoms with Crippen LogP contribution in [0, 0.1) is 23.2 Å². The molecule has 0 saturated heterocycles. The van der Waals surface area contributed by atoms with E-state index in [4.69, 9.17) is 15.2 Å². The molecule has 0 aliphatic carbocycles. The molecule has 324 valence electrons. The Balaban J connectivity index is 4.89. The Kier molecular flexibility index (Phi) is 33.7. The predicted molar refractivity (Wildman–Crippen MR) is 231 cm³/mol. The van der Waals surface area contributed by atoms with Crippen LogP contribution in [0.4, 0.5) is 0 Å². The Morgan fingerprint density at radius 2 is 1.02 bits per heavy atom. The number of carbonyl (C=O) groups excluding carboxylic acids is 4. The highest BCUT2D eigenvalue weighted by Gasteiger charge is 2.32. The van der Waals surface area contributed by atoms with E-state index in [9.17, 15) is 24.3 Å². The van der Waals surface area contributed by atoms with E-state index in [2.05, 4.69) is 13.8 Å². The van der Waals surface area contributed by atoms with Crippen LogP contribution in [-0.4, -0.2) is 65.5 Å². The second-order valence-electron chi connectivity index (χ2n) is 17.4. The van der Waals surface area contributed by atoms with Gasteiger partial charge in [-0.25, -0.2) is 0 Å². The summed E-state index contributed by atoms with van der Waals surface area (Å²) in [6, 6.07) is -0.837. The number of ketones is 2. The van der Waals surface area contributed by atoms with Crippen molar-refractivity contribution in [2.75, 3.05) is 24.7 Å². The summed E-state index contributed by atoms with van der Waals surface area (Å²) in [5.74, 6) is -1.74. The lowest BCUT2D eigenvalue weighted by Gasteiger charge is -2.24. The summed E-state index contributed by atoms with van der Waals surface area (Å²) in [7, 11) is 0. The number of ether oxygens (including phenoxy) is 2. The second kappa shape index (κ2) is 34.6. The summed E-state index contributed by atoms with van der Waals surface area (Å²) >= 11 is 1.36. The summed E-state index contributed by atoms with van der Waals surface area (Å²) in [5.41, 5.74) is 5.54. The smallest absolute Gasteiger partial charge is 0.309 e. The van der Waals surface area contributed by atoms with Gasteiger partial charge in [-0.1, -0.05) is 190 Å². The van der Waals surface area contributed by atoms with E-state index in [1.807, 2.05) is 13.8 Å². The molecule has 9 heteroatoms. The molecule has 0 aromatic rings. The van der Waals surface area contributed by atoms with E-state index < -0.39 is 30.1 Å². The zero-order valence-electron chi connectivity index (χ0n) is 36.8. The molecule has 5 atom stereocenters. The first-order valence-electron chi connectivity index (χ1n) is 22.7. The third-order valence-corrected chi connectivity index (χ3v) is 12.0. The summed E-state index contributed by atoms with van der Waals surface area (Å²) in [6.07, 6.45) is 28.3. The van der Waals surface area contributed by atoms with Gasteiger partial charge >= 0.3 is 11.9 Å². The van der Waals surface area contributed by atoms with Crippen LogP contribution in [0.1, 0.15) is 209 Å². The molecule has 3 N–H and O–H groups in total. The SMILES string of the molecule is CCCCCCCCCCCCCC(C)C(=O)OCC(CSCC(N)C(=O)CC(CO)C(=O)C(C)(C)C)OC(=O)C(C)CCCCCCCCCCCCC. The molecular formula is C46H87NO7S. The van der Waals surface area contributed by atoms with Gasteiger partial charge in [0, 0.05) is 29.3 Å². The van der Waals surface area contributed by atoms with Gasteiger partial charge in [-0.2, -0.15) is 11.8 Å². The molecule has 0 amide bonds. The molecule has 0 heterocycles. The van der Waals surface area contributed by atoms with Crippen molar-refractivity contribution in [1.82, 2.24) is 0 Å². The zero-order chi connectivity index (χ0) is 41.3. The Morgan fingerprint density at radius 3 is 1.42 bits per heavy atom. The minimum absolute atomic E-state index is 0.0405. The van der Waals surface area contributed by atoms with E-state index in [0.29, 0.717) is 5.75 Å². The number of thioether (sulfide) groups is 1. The lowest BCUT2D eigenvalue weighted by atomic mass is 9.81. The number of nitrogens with two attached hydrogens (primary N) is 1. The third-order valence-electron chi connectivity index (χ3n) is 10.8. The average molecular weight is 798 g/mol. The first-order valence-corrected chi connectivity index (χ1v) is 23.8. The number of aliphatic hydroxyl groups excluding tert-OH is 1. The van der Waals surface area contributed by atoms with Crippen molar-refractivity contribution in [3.63, 3.8) is 0 Å². The highest BCUT2D eigenvalue weighted by molar-refractivity contribution is 7.99. The van der Waals surface area contributed by atoms with E-state index >= 15 is 0 Å². The monoisotopic (exact) mass is 798 g/mol. The van der Waals surface area contributed by atoms with Gasteiger partial charge in [-0.3, -0.25) is 19.2 Å². The quantitative estimate of drug-likeness (QED) is 0.0462. The topological polar surface area (TPSA) is 133 Å². The van der Waals surface area contributed by atoms with Crippen molar-refractivity contribution in [1.29, 1.82) is 0 Å². The number of hydrogen-bond acceptors (Lipinski definition) is 9. The summed E-state index contributed by atoms with van der Waals surface area (Å²) in [6.45, 7) is 13.2. The van der Waals surface area contributed by atoms with Crippen LogP contribution in [0.5, 0.6) is 0 Å². The van der Waals surface area contributed by atoms with Crippen molar-refractivity contribution in [2.45, 2.75) is 221 Å². The minimum atomic E-state index is -0.837. The molecule has 0 radical (unpaired) electrons. The molecule has 0 aliphatic rings. The van der Waals surface area contributed by atoms with Gasteiger partial charge in [0.05, 0.1) is 24.5 Å². The standard InChI is InChI=1S/C46H87NO7S/c1-8-10-12-14-16-18-20-22-24-26-28-30-37(3)44(51)53-34-40(35-55-36-41(47)42(49)32-39(33-48)43(50)46(5,6)7)54-45(52)38(4)31-29-27-25-23-21-19-17-15-13-11-9-2/h37-41,48H,8-36,47H2,1-7H3. The maximum Gasteiger partial charge on any atom is 0.309 e. The summed E-state index contributed by atoms with van der Waals surface area (Å²) < 4.78 is 11.6. The van der Waals surface area contributed by atoms with Crippen LogP contribution in [-0.2, 0) is 28.7 Å². The van der Waals surface area contributed by atoms with E-state index in [-0.39, 0.29) is 54.1 Å². The van der Waals surface area contributed by atoms with E-state index in [0.717, 1.165) is 38.5 Å². The fraction of sp³-hybridized carbons (Fsp3) is 0.913. The zero-order valence-corrected chi connectivity index (χ0v) is 37.6. The Bertz CT molecular complexity index is 984. The van der Waals surface area contributed by atoms with Crippen molar-refractivity contribution in [3.05, 3.63) is 0 Å². The second-order valence-corrected chi connectivity index (χ2v) is 18.5. The van der Waals surface area contributed by atoms with Crippen LogP contribution in [0.2, 0.25) is 0 Å². The highest BCUT2D eigenvalue weighted by Crippen LogP contribution is 2.24. The van der Waals surface area contributed by atoms with Gasteiger partial charge < -0.3 is 20.3 Å². The first kappa shape index (κ1) is 53.6. The van der Waals surface area contributed by atoms with Gasteiger partial charge in [0.15, 0.2) is 5.78 Å². The van der Waals surface area contributed by atoms with Crippen LogP contribution in [0.15, 0.2) is 0 Å². The Hall–Kier alpha value is -1.45. The number of esters is 2. The van der Waals surface area contributed by atoms with Gasteiger partial charge in [0.1, 0.15) is 18.5 Å². The fourth-order valence-electron chi connectivity index (χ4n) is 6.85. The molecule has 0 spiro atoms. The number of Topliss-reactive ketones (excluding diaryl/α,β-unsaturated/α-hetero) is 2. The van der Waals surface area contributed by atoms with Crippen LogP contribution < -0.4 is 5.73 Å². The molecule has 0 saturated carbocycles. The lowest BCUT2D eigenvalue weighted by molar-refractivity contribution is -0.162. The average Bonchev–Trinajstić information content (AvgIpc) is 3.15. The van der Waals surface area contributed by atoms with Crippen LogP contribution >= 0.6 is 11.8 Å².